The molecule has 3 N–H and O–H groups in total. The highest BCUT2D eigenvalue weighted by molar-refractivity contribution is 6.00. The molecule has 2 rings (SSSR count). The Bertz CT molecular complexity index is 883. The van der Waals surface area contributed by atoms with Crippen LogP contribution in [0, 0.1) is 23.3 Å². The van der Waals surface area contributed by atoms with Gasteiger partial charge in [0.25, 0.3) is 5.91 Å². The van der Waals surface area contributed by atoms with Crippen LogP contribution in [-0.4, -0.2) is 30.4 Å². The van der Waals surface area contributed by atoms with Crippen molar-refractivity contribution in [3.8, 4) is 5.75 Å². The SMILES string of the molecule is CC(CCCCN)(NC(=O)c1ccccc1)C(=O)COc1c(F)c(F)cc(F)c1F. The Balaban J connectivity index is 2.20. The van der Waals surface area contributed by atoms with Crippen LogP contribution in [0.1, 0.15) is 36.5 Å². The maximum Gasteiger partial charge on any atom is 0.252 e. The monoisotopic (exact) mass is 426 g/mol. The van der Waals surface area contributed by atoms with Crippen LogP contribution in [0.2, 0.25) is 0 Å². The Hall–Kier alpha value is -2.94. The molecule has 30 heavy (non-hydrogen) atoms. The summed E-state index contributed by atoms with van der Waals surface area (Å²) in [5.41, 5.74) is 4.32. The van der Waals surface area contributed by atoms with Crippen LogP contribution in [0.15, 0.2) is 36.4 Å². The predicted molar refractivity (Wildman–Crippen MR) is 102 cm³/mol. The van der Waals surface area contributed by atoms with Crippen molar-refractivity contribution in [2.45, 2.75) is 31.7 Å². The lowest BCUT2D eigenvalue weighted by atomic mass is 9.89. The van der Waals surface area contributed by atoms with Crippen LogP contribution in [0.25, 0.3) is 0 Å². The average molecular weight is 426 g/mol. The summed E-state index contributed by atoms with van der Waals surface area (Å²) in [5, 5.41) is 2.61. The summed E-state index contributed by atoms with van der Waals surface area (Å²) in [4.78, 5) is 25.3. The predicted octanol–water partition coefficient (Wildman–Crippen LogP) is 3.51. The molecule has 0 aliphatic rings. The number of unbranched alkanes of at least 4 members (excludes halogenated alkanes) is 1. The second-order valence-electron chi connectivity index (χ2n) is 6.91. The third-order valence-corrected chi connectivity index (χ3v) is 4.59. The van der Waals surface area contributed by atoms with Gasteiger partial charge in [-0.15, -0.1) is 0 Å². The van der Waals surface area contributed by atoms with Gasteiger partial charge in [-0.1, -0.05) is 18.2 Å². The van der Waals surface area contributed by atoms with Crippen molar-refractivity contribution in [1.82, 2.24) is 5.32 Å². The highest BCUT2D eigenvalue weighted by atomic mass is 19.2. The number of carbonyl (C=O) groups excluding carboxylic acids is 2. The fourth-order valence-corrected chi connectivity index (χ4v) is 2.78. The highest BCUT2D eigenvalue weighted by Gasteiger charge is 2.35. The number of hydrogen-bond acceptors (Lipinski definition) is 4. The number of carbonyl (C=O) groups is 2. The number of halogens is 4. The van der Waals surface area contributed by atoms with Gasteiger partial charge in [0.1, 0.15) is 6.61 Å². The molecule has 1 unspecified atom stereocenters. The van der Waals surface area contributed by atoms with E-state index >= 15 is 0 Å². The summed E-state index contributed by atoms with van der Waals surface area (Å²) in [6.45, 7) is 0.895. The lowest BCUT2D eigenvalue weighted by Crippen LogP contribution is -2.54. The zero-order valence-corrected chi connectivity index (χ0v) is 16.3. The molecule has 0 bridgehead atoms. The van der Waals surface area contributed by atoms with Gasteiger partial charge in [0, 0.05) is 11.6 Å². The van der Waals surface area contributed by atoms with Gasteiger partial charge in [-0.3, -0.25) is 9.59 Å². The average Bonchev–Trinajstić information content (AvgIpc) is 2.73. The summed E-state index contributed by atoms with van der Waals surface area (Å²) in [6.07, 6.45) is 1.22. The quantitative estimate of drug-likeness (QED) is 0.346. The Morgan fingerprint density at radius 2 is 1.63 bits per heavy atom. The van der Waals surface area contributed by atoms with E-state index in [-0.39, 0.29) is 12.5 Å². The van der Waals surface area contributed by atoms with Crippen molar-refractivity contribution in [2.24, 2.45) is 5.73 Å². The van der Waals surface area contributed by atoms with Crippen molar-refractivity contribution >= 4 is 11.7 Å². The first-order valence-corrected chi connectivity index (χ1v) is 9.26. The Labute approximate surface area is 171 Å². The number of amides is 1. The molecule has 0 saturated carbocycles. The van der Waals surface area contributed by atoms with Gasteiger partial charge in [-0.2, -0.15) is 8.78 Å². The summed E-state index contributed by atoms with van der Waals surface area (Å²) in [7, 11) is 0. The second-order valence-corrected chi connectivity index (χ2v) is 6.91. The molecule has 9 heteroatoms. The summed E-state index contributed by atoms with van der Waals surface area (Å²) >= 11 is 0. The largest absolute Gasteiger partial charge is 0.479 e. The first-order chi connectivity index (χ1) is 14.2. The number of Topliss-reactive ketones (excluding diaryl/α,β-unsaturated/α-hetero) is 1. The zero-order valence-electron chi connectivity index (χ0n) is 16.3. The van der Waals surface area contributed by atoms with Gasteiger partial charge in [0.05, 0.1) is 5.54 Å². The van der Waals surface area contributed by atoms with Gasteiger partial charge in [0.2, 0.25) is 11.6 Å². The van der Waals surface area contributed by atoms with Crippen LogP contribution in [0.3, 0.4) is 0 Å². The lowest BCUT2D eigenvalue weighted by molar-refractivity contribution is -0.127. The number of nitrogens with one attached hydrogen (secondary N) is 1. The number of nitrogens with two attached hydrogens (primary N) is 1. The lowest BCUT2D eigenvalue weighted by Gasteiger charge is -2.29. The van der Waals surface area contributed by atoms with Crippen LogP contribution in [0.4, 0.5) is 17.6 Å². The first kappa shape index (κ1) is 23.3. The van der Waals surface area contributed by atoms with E-state index in [1.807, 2.05) is 0 Å². The van der Waals surface area contributed by atoms with E-state index < -0.39 is 52.9 Å². The number of hydrogen-bond donors (Lipinski definition) is 2. The molecule has 0 aliphatic carbocycles. The Morgan fingerprint density at radius 3 is 2.20 bits per heavy atom. The van der Waals surface area contributed by atoms with Crippen LogP contribution in [-0.2, 0) is 4.79 Å². The van der Waals surface area contributed by atoms with Gasteiger partial charge in [0.15, 0.2) is 23.2 Å². The molecule has 2 aromatic carbocycles. The van der Waals surface area contributed by atoms with E-state index in [1.54, 1.807) is 30.3 Å². The Morgan fingerprint density at radius 1 is 1.03 bits per heavy atom. The van der Waals surface area contributed by atoms with Crippen LogP contribution >= 0.6 is 0 Å². The van der Waals surface area contributed by atoms with E-state index in [0.29, 0.717) is 24.9 Å². The standard InChI is InChI=1S/C21H22F4N2O3/c1-21(9-5-6-10-26,27-20(29)13-7-3-2-4-8-13)16(28)12-30-19-17(24)14(22)11-15(23)18(19)25/h2-4,7-8,11H,5-6,9-10,12,26H2,1H3,(H,27,29). The van der Waals surface area contributed by atoms with Crippen molar-refractivity contribution in [1.29, 1.82) is 0 Å². The third-order valence-electron chi connectivity index (χ3n) is 4.59. The van der Waals surface area contributed by atoms with E-state index in [4.69, 9.17) is 10.5 Å². The summed E-state index contributed by atoms with van der Waals surface area (Å²) in [6, 6.07) is 8.16. The highest BCUT2D eigenvalue weighted by Crippen LogP contribution is 2.27. The fraction of sp³-hybridized carbons (Fsp3) is 0.333. The molecule has 0 aliphatic heterocycles. The molecule has 0 heterocycles. The topological polar surface area (TPSA) is 81.4 Å². The minimum atomic E-state index is -1.75. The molecule has 162 valence electrons. The minimum Gasteiger partial charge on any atom is -0.479 e. The molecule has 2 aromatic rings. The molecule has 0 radical (unpaired) electrons. The van der Waals surface area contributed by atoms with Crippen molar-refractivity contribution in [3.05, 3.63) is 65.2 Å². The van der Waals surface area contributed by atoms with E-state index in [0.717, 1.165) is 0 Å². The van der Waals surface area contributed by atoms with Gasteiger partial charge < -0.3 is 15.8 Å². The van der Waals surface area contributed by atoms with Gasteiger partial charge in [-0.05, 0) is 44.9 Å². The molecular weight excluding hydrogens is 404 g/mol. The van der Waals surface area contributed by atoms with Crippen molar-refractivity contribution < 1.29 is 31.9 Å². The minimum absolute atomic E-state index is 0.0381. The third kappa shape index (κ3) is 5.56. The number of benzene rings is 2. The zero-order chi connectivity index (χ0) is 22.3. The fourth-order valence-electron chi connectivity index (χ4n) is 2.78. The maximum atomic E-state index is 13.8. The van der Waals surface area contributed by atoms with Crippen LogP contribution in [0.5, 0.6) is 5.75 Å². The van der Waals surface area contributed by atoms with E-state index in [1.165, 1.54) is 6.92 Å². The maximum absolute atomic E-state index is 13.8. The van der Waals surface area contributed by atoms with E-state index in [9.17, 15) is 27.2 Å². The molecule has 0 aromatic heterocycles. The van der Waals surface area contributed by atoms with Crippen molar-refractivity contribution in [2.75, 3.05) is 13.2 Å². The van der Waals surface area contributed by atoms with Gasteiger partial charge in [-0.25, -0.2) is 8.78 Å². The second kappa shape index (κ2) is 10.2. The number of ketones is 1. The summed E-state index contributed by atoms with van der Waals surface area (Å²) < 4.78 is 59.0. The van der Waals surface area contributed by atoms with Crippen molar-refractivity contribution in [3.63, 3.8) is 0 Å². The molecular formula is C21H22F4N2O3. The molecule has 1 atom stereocenters. The molecule has 0 fully saturated rings. The molecule has 0 saturated heterocycles. The van der Waals surface area contributed by atoms with E-state index in [2.05, 4.69) is 5.32 Å². The normalized spacial score (nSPS) is 12.9. The van der Waals surface area contributed by atoms with Gasteiger partial charge >= 0.3 is 0 Å². The first-order valence-electron chi connectivity index (χ1n) is 9.26. The van der Waals surface area contributed by atoms with Crippen LogP contribution < -0.4 is 15.8 Å². The summed E-state index contributed by atoms with van der Waals surface area (Å²) in [5.74, 6) is -9.40. The smallest absolute Gasteiger partial charge is 0.252 e. The molecule has 1 amide bonds. The number of rotatable bonds is 10. The number of ether oxygens (including phenoxy) is 1. The Kier molecular flexibility index (Phi) is 7.93. The molecule has 5 nitrogen and oxygen atoms in total. The molecule has 0 spiro atoms.